The molecule has 0 spiro atoms. The Bertz CT molecular complexity index is 1310. The fourth-order valence-corrected chi connectivity index (χ4v) is 4.96. The summed E-state index contributed by atoms with van der Waals surface area (Å²) in [6.07, 6.45) is 1.94. The summed E-state index contributed by atoms with van der Waals surface area (Å²) in [5, 5.41) is 11.4. The van der Waals surface area contributed by atoms with E-state index in [2.05, 4.69) is 11.9 Å². The monoisotopic (exact) mass is 506 g/mol. The van der Waals surface area contributed by atoms with E-state index in [-0.39, 0.29) is 21.3 Å². The molecule has 36 heavy (non-hydrogen) atoms. The van der Waals surface area contributed by atoms with E-state index in [1.54, 1.807) is 55.5 Å². The summed E-state index contributed by atoms with van der Waals surface area (Å²) in [4.78, 5) is 44.5. The van der Waals surface area contributed by atoms with Crippen molar-refractivity contribution in [2.45, 2.75) is 32.7 Å². The van der Waals surface area contributed by atoms with Crippen molar-refractivity contribution >= 4 is 39.9 Å². The smallest absolute Gasteiger partial charge is 0.350 e. The number of nitrogens with zero attached hydrogens (tertiary/aromatic N) is 2. The Kier molecular flexibility index (Phi) is 7.49. The van der Waals surface area contributed by atoms with Crippen LogP contribution in [0.3, 0.4) is 0 Å². The number of aromatic nitrogens is 1. The summed E-state index contributed by atoms with van der Waals surface area (Å²) >= 11 is 0.961. The minimum atomic E-state index is -0.928. The molecule has 0 radical (unpaired) electrons. The van der Waals surface area contributed by atoms with Gasteiger partial charge in [0.05, 0.1) is 31.0 Å². The van der Waals surface area contributed by atoms with Gasteiger partial charge in [0.1, 0.15) is 16.4 Å². The first kappa shape index (κ1) is 25.1. The van der Waals surface area contributed by atoms with Crippen molar-refractivity contribution < 1.29 is 29.0 Å². The highest BCUT2D eigenvalue weighted by Crippen LogP contribution is 2.43. The molecule has 8 nitrogen and oxygen atoms in total. The Labute approximate surface area is 212 Å². The number of anilines is 1. The molecule has 3 aromatic rings. The molecule has 1 fully saturated rings. The first-order valence-electron chi connectivity index (χ1n) is 11.5. The first-order chi connectivity index (χ1) is 17.4. The molecule has 1 aliphatic heterocycles. The first-order valence-corrected chi connectivity index (χ1v) is 12.3. The molecule has 1 amide bonds. The van der Waals surface area contributed by atoms with Gasteiger partial charge < -0.3 is 14.6 Å². The molecule has 0 aliphatic carbocycles. The largest absolute Gasteiger partial charge is 0.507 e. The molecule has 186 valence electrons. The zero-order valence-electron chi connectivity index (χ0n) is 20.2. The quantitative estimate of drug-likeness (QED) is 0.150. The number of amides is 1. The topological polar surface area (TPSA) is 106 Å². The second-order valence-electron chi connectivity index (χ2n) is 8.21. The van der Waals surface area contributed by atoms with Crippen LogP contribution in [0.2, 0.25) is 0 Å². The van der Waals surface area contributed by atoms with Gasteiger partial charge in [-0.3, -0.25) is 14.5 Å². The summed E-state index contributed by atoms with van der Waals surface area (Å²) in [7, 11) is 1.26. The molecular formula is C27H26N2O6S. The van der Waals surface area contributed by atoms with Crippen LogP contribution in [0, 0.1) is 6.92 Å². The van der Waals surface area contributed by atoms with Crippen LogP contribution in [0.4, 0.5) is 5.13 Å². The maximum absolute atomic E-state index is 13.3. The number of ketones is 1. The van der Waals surface area contributed by atoms with Crippen LogP contribution in [0.25, 0.3) is 5.76 Å². The molecule has 2 aromatic carbocycles. The maximum atomic E-state index is 13.3. The van der Waals surface area contributed by atoms with Crippen LogP contribution in [0.5, 0.6) is 5.75 Å². The van der Waals surface area contributed by atoms with Crippen LogP contribution in [-0.2, 0) is 14.3 Å². The number of aliphatic hydroxyl groups is 1. The highest BCUT2D eigenvalue weighted by Gasteiger charge is 2.48. The molecule has 1 saturated heterocycles. The average Bonchev–Trinajstić information content (AvgIpc) is 3.40. The number of unbranched alkanes of at least 4 members (excludes halogenated alkanes) is 1. The van der Waals surface area contributed by atoms with Crippen molar-refractivity contribution in [3.8, 4) is 5.75 Å². The number of aliphatic hydroxyl groups excluding tert-OH is 1. The molecule has 2 heterocycles. The lowest BCUT2D eigenvalue weighted by molar-refractivity contribution is -0.132. The summed E-state index contributed by atoms with van der Waals surface area (Å²) in [6.45, 7) is 4.29. The number of hydrogen-bond donors (Lipinski definition) is 1. The van der Waals surface area contributed by atoms with Crippen LogP contribution in [0.15, 0.2) is 60.2 Å². The molecule has 1 unspecified atom stereocenters. The molecule has 1 N–H and O–H groups in total. The van der Waals surface area contributed by atoms with E-state index in [0.717, 1.165) is 24.2 Å². The molecular weight excluding hydrogens is 480 g/mol. The third-order valence-electron chi connectivity index (χ3n) is 5.82. The van der Waals surface area contributed by atoms with E-state index in [0.29, 0.717) is 29.2 Å². The van der Waals surface area contributed by atoms with Gasteiger partial charge in [0.25, 0.3) is 5.78 Å². The number of esters is 1. The van der Waals surface area contributed by atoms with Crippen molar-refractivity contribution in [2.24, 2.45) is 0 Å². The number of hydrogen-bond acceptors (Lipinski definition) is 8. The Hall–Kier alpha value is -3.98. The van der Waals surface area contributed by atoms with E-state index >= 15 is 0 Å². The lowest BCUT2D eigenvalue weighted by Crippen LogP contribution is -2.29. The zero-order valence-corrected chi connectivity index (χ0v) is 21.0. The van der Waals surface area contributed by atoms with E-state index < -0.39 is 23.7 Å². The van der Waals surface area contributed by atoms with Crippen LogP contribution >= 0.6 is 11.3 Å². The van der Waals surface area contributed by atoms with E-state index in [9.17, 15) is 19.5 Å². The number of thiazole rings is 1. The standard InChI is InChI=1S/C27H26N2O6S/c1-4-5-15-35-19-13-11-18(12-14-19)22(30)20-21(17-9-7-6-8-10-17)29(25(32)23(20)31)27-28-16(2)24(36-27)26(33)34-3/h6-14,21,30H,4-5,15H2,1-3H3. The number of rotatable bonds is 8. The van der Waals surface area contributed by atoms with Gasteiger partial charge in [-0.15, -0.1) is 0 Å². The maximum Gasteiger partial charge on any atom is 0.350 e. The van der Waals surface area contributed by atoms with Gasteiger partial charge in [-0.05, 0) is 43.2 Å². The minimum Gasteiger partial charge on any atom is -0.507 e. The van der Waals surface area contributed by atoms with Gasteiger partial charge in [-0.2, -0.15) is 0 Å². The van der Waals surface area contributed by atoms with Gasteiger partial charge in [-0.25, -0.2) is 9.78 Å². The van der Waals surface area contributed by atoms with Crippen molar-refractivity contribution in [1.29, 1.82) is 0 Å². The predicted molar refractivity (Wildman–Crippen MR) is 136 cm³/mol. The Morgan fingerprint density at radius 3 is 2.44 bits per heavy atom. The second kappa shape index (κ2) is 10.7. The Morgan fingerprint density at radius 1 is 1.11 bits per heavy atom. The lowest BCUT2D eigenvalue weighted by Gasteiger charge is -2.23. The number of carbonyl (C=O) groups excluding carboxylic acids is 3. The van der Waals surface area contributed by atoms with Crippen molar-refractivity contribution in [3.05, 3.63) is 81.9 Å². The van der Waals surface area contributed by atoms with E-state index in [1.165, 1.54) is 12.0 Å². The van der Waals surface area contributed by atoms with Crippen LogP contribution in [-0.4, -0.2) is 41.5 Å². The highest BCUT2D eigenvalue weighted by molar-refractivity contribution is 7.17. The van der Waals surface area contributed by atoms with Gasteiger partial charge in [0, 0.05) is 5.56 Å². The molecule has 4 rings (SSSR count). The number of Topliss-reactive ketones (excluding diaryl/α,β-unsaturated/α-hetero) is 1. The minimum absolute atomic E-state index is 0.0571. The van der Waals surface area contributed by atoms with Crippen molar-refractivity contribution in [2.75, 3.05) is 18.6 Å². The highest BCUT2D eigenvalue weighted by atomic mass is 32.1. The molecule has 0 bridgehead atoms. The molecule has 0 saturated carbocycles. The molecule has 1 aromatic heterocycles. The summed E-state index contributed by atoms with van der Waals surface area (Å²) < 4.78 is 10.5. The van der Waals surface area contributed by atoms with Crippen LogP contribution < -0.4 is 9.64 Å². The lowest BCUT2D eigenvalue weighted by atomic mass is 9.95. The Morgan fingerprint density at radius 2 is 1.81 bits per heavy atom. The fraction of sp³-hybridized carbons (Fsp3) is 0.259. The van der Waals surface area contributed by atoms with Gasteiger partial charge >= 0.3 is 11.9 Å². The molecule has 9 heteroatoms. The van der Waals surface area contributed by atoms with Gasteiger partial charge in [0.2, 0.25) is 0 Å². The number of aryl methyl sites for hydroxylation is 1. The molecule has 1 aliphatic rings. The second-order valence-corrected chi connectivity index (χ2v) is 9.19. The van der Waals surface area contributed by atoms with E-state index in [1.807, 2.05) is 6.07 Å². The number of ether oxygens (including phenoxy) is 2. The zero-order chi connectivity index (χ0) is 25.8. The third kappa shape index (κ3) is 4.74. The number of benzene rings is 2. The normalized spacial score (nSPS) is 16.9. The summed E-state index contributed by atoms with van der Waals surface area (Å²) in [5.41, 5.74) is 1.32. The van der Waals surface area contributed by atoms with Crippen LogP contribution in [0.1, 0.15) is 52.3 Å². The SMILES string of the molecule is CCCCOc1ccc(C(O)=C2C(=O)C(=O)N(c3nc(C)c(C(=O)OC)s3)C2c2ccccc2)cc1. The summed E-state index contributed by atoms with van der Waals surface area (Å²) in [5.74, 6) is -1.91. The fourth-order valence-electron chi connectivity index (χ4n) is 3.95. The third-order valence-corrected chi connectivity index (χ3v) is 6.95. The van der Waals surface area contributed by atoms with Gasteiger partial charge in [-0.1, -0.05) is 55.0 Å². The van der Waals surface area contributed by atoms with E-state index in [4.69, 9.17) is 9.47 Å². The van der Waals surface area contributed by atoms with Crippen molar-refractivity contribution in [1.82, 2.24) is 4.98 Å². The summed E-state index contributed by atoms with van der Waals surface area (Å²) in [6, 6.07) is 14.7. The predicted octanol–water partition coefficient (Wildman–Crippen LogP) is 5.04. The van der Waals surface area contributed by atoms with Gasteiger partial charge in [0.15, 0.2) is 5.13 Å². The number of methoxy groups -OCH3 is 1. The van der Waals surface area contributed by atoms with Crippen molar-refractivity contribution in [3.63, 3.8) is 0 Å². The Balaban J connectivity index is 1.80. The average molecular weight is 507 g/mol. The molecule has 1 atom stereocenters. The number of carbonyl (C=O) groups is 3.